The number of aliphatic carboxylic acids is 1. The molecule has 4 rings (SSSR count). The van der Waals surface area contributed by atoms with Crippen LogP contribution < -0.4 is 5.32 Å². The SMILES string of the molecule is CCC(C)(C)CS(=O)(=O)c1ccc(-c2cc(C(=O)N[C@H]3C[C@H](C(=O)O)C3)c(C)n2CC2CCCCC2)c(Cl)c1Cl. The summed E-state index contributed by atoms with van der Waals surface area (Å²) in [4.78, 5) is 24.5. The Morgan fingerprint density at radius 2 is 1.75 bits per heavy atom. The second-order valence-electron chi connectivity index (χ2n) is 12.3. The number of sulfone groups is 1. The molecule has 2 N–H and O–H groups in total. The zero-order chi connectivity index (χ0) is 29.4. The molecule has 0 radical (unpaired) electrons. The fourth-order valence-corrected chi connectivity index (χ4v) is 8.70. The lowest BCUT2D eigenvalue weighted by Gasteiger charge is -2.32. The van der Waals surface area contributed by atoms with Gasteiger partial charge in [-0.05, 0) is 62.1 Å². The smallest absolute Gasteiger partial charge is 0.306 e. The highest BCUT2D eigenvalue weighted by Crippen LogP contribution is 2.41. The lowest BCUT2D eigenvalue weighted by Crippen LogP contribution is -2.46. The molecule has 40 heavy (non-hydrogen) atoms. The van der Waals surface area contributed by atoms with Crippen LogP contribution in [-0.2, 0) is 21.2 Å². The lowest BCUT2D eigenvalue weighted by molar-refractivity contribution is -0.145. The number of carbonyl (C=O) groups excluding carboxylic acids is 1. The molecule has 2 aliphatic rings. The highest BCUT2D eigenvalue weighted by molar-refractivity contribution is 7.91. The summed E-state index contributed by atoms with van der Waals surface area (Å²) in [5.74, 6) is -1.09. The Kier molecular flexibility index (Phi) is 9.32. The molecule has 0 unspecified atom stereocenters. The van der Waals surface area contributed by atoms with E-state index < -0.39 is 27.1 Å². The van der Waals surface area contributed by atoms with Gasteiger partial charge in [-0.1, -0.05) is 69.7 Å². The zero-order valence-corrected chi connectivity index (χ0v) is 26.1. The van der Waals surface area contributed by atoms with Gasteiger partial charge in [0.05, 0.1) is 37.9 Å². The number of benzene rings is 1. The number of carboxylic acid groups (broad SMARTS) is 1. The molecule has 2 fully saturated rings. The van der Waals surface area contributed by atoms with Gasteiger partial charge in [0.1, 0.15) is 0 Å². The van der Waals surface area contributed by atoms with Crippen molar-refractivity contribution in [2.24, 2.45) is 17.3 Å². The van der Waals surface area contributed by atoms with Crippen molar-refractivity contribution in [3.63, 3.8) is 0 Å². The maximum absolute atomic E-state index is 13.3. The van der Waals surface area contributed by atoms with Crippen LogP contribution in [0.5, 0.6) is 0 Å². The number of rotatable bonds is 10. The highest BCUT2D eigenvalue weighted by Gasteiger charge is 2.36. The summed E-state index contributed by atoms with van der Waals surface area (Å²) in [6.45, 7) is 8.40. The fraction of sp³-hybridized carbons (Fsp3) is 0.600. The van der Waals surface area contributed by atoms with Crippen molar-refractivity contribution in [2.75, 3.05) is 5.75 Å². The molecular weight excluding hydrogens is 571 g/mol. The largest absolute Gasteiger partial charge is 0.481 e. The number of halogens is 2. The molecule has 1 aromatic carbocycles. The number of carbonyl (C=O) groups is 2. The van der Waals surface area contributed by atoms with Crippen LogP contribution in [-0.4, -0.2) is 41.8 Å². The standard InChI is InChI=1S/C30H40Cl2N2O5S/c1-5-30(3,4)17-40(38,39)25-12-11-22(26(31)27(25)32)24-15-23(28(35)33-21-13-20(14-21)29(36)37)18(2)34(24)16-19-9-7-6-8-10-19/h11-12,15,19-21H,5-10,13-14,16-17H2,1-4H3,(H,33,35)(H,36,37)/t20-,21-. The number of amides is 1. The Bertz CT molecular complexity index is 1390. The maximum Gasteiger partial charge on any atom is 0.306 e. The quantitative estimate of drug-likeness (QED) is 0.297. The van der Waals surface area contributed by atoms with Gasteiger partial charge in [-0.2, -0.15) is 0 Å². The molecule has 7 nitrogen and oxygen atoms in total. The first kappa shape index (κ1) is 30.9. The Balaban J connectivity index is 1.71. The molecule has 1 aromatic heterocycles. The van der Waals surface area contributed by atoms with Crippen molar-refractivity contribution in [3.05, 3.63) is 39.5 Å². The third-order valence-electron chi connectivity index (χ3n) is 8.79. The van der Waals surface area contributed by atoms with Crippen molar-refractivity contribution in [1.29, 1.82) is 0 Å². The minimum absolute atomic E-state index is 0.00526. The number of carboxylic acids is 1. The Hall–Kier alpha value is -2.03. The summed E-state index contributed by atoms with van der Waals surface area (Å²) in [6, 6.07) is 4.84. The van der Waals surface area contributed by atoms with E-state index in [9.17, 15) is 23.1 Å². The zero-order valence-electron chi connectivity index (χ0n) is 23.7. The molecule has 0 spiro atoms. The summed E-state index contributed by atoms with van der Waals surface area (Å²) in [7, 11) is -3.68. The second kappa shape index (κ2) is 12.1. The summed E-state index contributed by atoms with van der Waals surface area (Å²) in [6.07, 6.45) is 7.33. The van der Waals surface area contributed by atoms with Crippen molar-refractivity contribution < 1.29 is 23.1 Å². The van der Waals surface area contributed by atoms with Gasteiger partial charge < -0.3 is 15.0 Å². The third kappa shape index (κ3) is 6.55. The predicted molar refractivity (Wildman–Crippen MR) is 159 cm³/mol. The molecule has 1 amide bonds. The lowest BCUT2D eigenvalue weighted by atomic mass is 9.80. The first-order chi connectivity index (χ1) is 18.7. The summed E-state index contributed by atoms with van der Waals surface area (Å²) >= 11 is 13.4. The van der Waals surface area contributed by atoms with Crippen LogP contribution in [0.25, 0.3) is 11.3 Å². The van der Waals surface area contributed by atoms with Crippen LogP contribution in [0.4, 0.5) is 0 Å². The summed E-state index contributed by atoms with van der Waals surface area (Å²) < 4.78 is 28.6. The molecule has 220 valence electrons. The van der Waals surface area contributed by atoms with Gasteiger partial charge in [0.2, 0.25) is 0 Å². The van der Waals surface area contributed by atoms with Gasteiger partial charge in [-0.15, -0.1) is 0 Å². The summed E-state index contributed by atoms with van der Waals surface area (Å²) in [5.41, 5.74) is 2.17. The number of nitrogens with one attached hydrogen (secondary N) is 1. The molecule has 0 bridgehead atoms. The molecule has 0 aliphatic heterocycles. The Labute approximate surface area is 247 Å². The summed E-state index contributed by atoms with van der Waals surface area (Å²) in [5, 5.41) is 12.3. The van der Waals surface area contributed by atoms with Crippen molar-refractivity contribution in [2.45, 2.75) is 96.5 Å². The van der Waals surface area contributed by atoms with E-state index in [4.69, 9.17) is 23.2 Å². The van der Waals surface area contributed by atoms with Crippen LogP contribution >= 0.6 is 23.2 Å². The number of hydrogen-bond donors (Lipinski definition) is 2. The van der Waals surface area contributed by atoms with E-state index in [1.165, 1.54) is 25.3 Å². The van der Waals surface area contributed by atoms with E-state index in [0.29, 0.717) is 36.3 Å². The van der Waals surface area contributed by atoms with E-state index in [1.54, 1.807) is 12.1 Å². The molecule has 0 saturated heterocycles. The molecule has 2 aliphatic carbocycles. The maximum atomic E-state index is 13.3. The van der Waals surface area contributed by atoms with Gasteiger partial charge in [-0.25, -0.2) is 8.42 Å². The molecule has 1 heterocycles. The normalized spacial score (nSPS) is 20.2. The minimum atomic E-state index is -3.68. The van der Waals surface area contributed by atoms with Gasteiger partial charge in [-0.3, -0.25) is 9.59 Å². The van der Waals surface area contributed by atoms with Crippen LogP contribution in [0.15, 0.2) is 23.1 Å². The van der Waals surface area contributed by atoms with Crippen LogP contribution in [0.3, 0.4) is 0 Å². The van der Waals surface area contributed by atoms with Crippen LogP contribution in [0.1, 0.15) is 88.2 Å². The van der Waals surface area contributed by atoms with E-state index in [2.05, 4.69) is 9.88 Å². The van der Waals surface area contributed by atoms with E-state index >= 15 is 0 Å². The topological polar surface area (TPSA) is 105 Å². The molecule has 0 atom stereocenters. The number of nitrogens with zero attached hydrogens (tertiary/aromatic N) is 1. The van der Waals surface area contributed by atoms with Crippen LogP contribution in [0, 0.1) is 24.2 Å². The van der Waals surface area contributed by atoms with Gasteiger partial charge >= 0.3 is 5.97 Å². The first-order valence-corrected chi connectivity index (χ1v) is 16.6. The van der Waals surface area contributed by atoms with E-state index in [-0.39, 0.29) is 32.6 Å². The third-order valence-corrected chi connectivity index (χ3v) is 12.0. The monoisotopic (exact) mass is 610 g/mol. The van der Waals surface area contributed by atoms with Crippen molar-refractivity contribution in [3.8, 4) is 11.3 Å². The highest BCUT2D eigenvalue weighted by atomic mass is 35.5. The average Bonchev–Trinajstić information content (AvgIpc) is 3.18. The molecule has 2 saturated carbocycles. The minimum Gasteiger partial charge on any atom is -0.481 e. The van der Waals surface area contributed by atoms with Crippen molar-refractivity contribution in [1.82, 2.24) is 9.88 Å². The van der Waals surface area contributed by atoms with Crippen molar-refractivity contribution >= 4 is 44.9 Å². The van der Waals surface area contributed by atoms with Gasteiger partial charge in [0, 0.05) is 23.8 Å². The first-order valence-electron chi connectivity index (χ1n) is 14.2. The number of aromatic nitrogens is 1. The Morgan fingerprint density at radius 1 is 1.10 bits per heavy atom. The van der Waals surface area contributed by atoms with E-state index in [0.717, 1.165) is 30.8 Å². The van der Waals surface area contributed by atoms with Gasteiger partial charge in [0.15, 0.2) is 9.84 Å². The molecule has 10 heteroatoms. The Morgan fingerprint density at radius 3 is 2.35 bits per heavy atom. The molecule has 2 aromatic rings. The average molecular weight is 612 g/mol. The fourth-order valence-electron chi connectivity index (χ4n) is 5.83. The number of hydrogen-bond acceptors (Lipinski definition) is 4. The molecular formula is C30H40Cl2N2O5S. The van der Waals surface area contributed by atoms with E-state index in [1.807, 2.05) is 27.7 Å². The van der Waals surface area contributed by atoms with Gasteiger partial charge in [0.25, 0.3) is 5.91 Å². The van der Waals surface area contributed by atoms with Crippen LogP contribution in [0.2, 0.25) is 10.0 Å². The predicted octanol–water partition coefficient (Wildman–Crippen LogP) is 7.15. The second-order valence-corrected chi connectivity index (χ2v) is 15.1.